The fraction of sp³-hybridized carbons (Fsp3) is 0.182. The fourth-order valence-electron chi connectivity index (χ4n) is 1.21. The van der Waals surface area contributed by atoms with E-state index in [1.807, 2.05) is 0 Å². The van der Waals surface area contributed by atoms with Crippen molar-refractivity contribution in [2.45, 2.75) is 12.6 Å². The summed E-state index contributed by atoms with van der Waals surface area (Å²) in [6, 6.07) is 0. The highest BCUT2D eigenvalue weighted by atomic mass is 19.4. The number of alkyl halides is 3. The van der Waals surface area contributed by atoms with Gasteiger partial charge in [0.15, 0.2) is 11.6 Å². The summed E-state index contributed by atoms with van der Waals surface area (Å²) in [4.78, 5) is 10.8. The Labute approximate surface area is 107 Å². The maximum atomic E-state index is 13.3. The highest BCUT2D eigenvalue weighted by Gasteiger charge is 2.34. The van der Waals surface area contributed by atoms with Gasteiger partial charge in [0.25, 0.3) is 0 Å². The number of benzene rings is 1. The number of halogens is 7. The van der Waals surface area contributed by atoms with Crippen LogP contribution < -0.4 is 4.74 Å². The zero-order valence-electron chi connectivity index (χ0n) is 9.45. The smallest absolute Gasteiger partial charge is 0.399 e. The van der Waals surface area contributed by atoms with E-state index in [-0.39, 0.29) is 0 Å². The molecular formula is C11H5F7O2. The van der Waals surface area contributed by atoms with Gasteiger partial charge in [-0.15, -0.1) is 0 Å². The topological polar surface area (TPSA) is 26.3 Å². The SMILES string of the molecule is C=Cc1c(F)c(F)c(OC(=O)CC(F)(F)F)c(F)c1F. The van der Waals surface area contributed by atoms with Crippen molar-refractivity contribution in [1.29, 1.82) is 0 Å². The van der Waals surface area contributed by atoms with Crippen molar-refractivity contribution >= 4 is 12.0 Å². The highest BCUT2D eigenvalue weighted by molar-refractivity contribution is 5.73. The van der Waals surface area contributed by atoms with Gasteiger partial charge in [-0.2, -0.15) is 22.0 Å². The van der Waals surface area contributed by atoms with Crippen LogP contribution in [-0.4, -0.2) is 12.1 Å². The van der Waals surface area contributed by atoms with E-state index in [4.69, 9.17) is 0 Å². The van der Waals surface area contributed by atoms with Gasteiger partial charge in [-0.05, 0) is 0 Å². The zero-order chi connectivity index (χ0) is 15.7. The van der Waals surface area contributed by atoms with Crippen molar-refractivity contribution in [3.8, 4) is 5.75 Å². The molecule has 2 nitrogen and oxygen atoms in total. The number of ether oxygens (including phenoxy) is 1. The van der Waals surface area contributed by atoms with Crippen LogP contribution in [0.5, 0.6) is 5.75 Å². The highest BCUT2D eigenvalue weighted by Crippen LogP contribution is 2.31. The third-order valence-electron chi connectivity index (χ3n) is 2.02. The summed E-state index contributed by atoms with van der Waals surface area (Å²) < 4.78 is 92.2. The molecule has 0 amide bonds. The number of hydrogen-bond donors (Lipinski definition) is 0. The first kappa shape index (κ1) is 16.0. The molecule has 0 unspecified atom stereocenters. The summed E-state index contributed by atoms with van der Waals surface area (Å²) in [7, 11) is 0. The predicted octanol–water partition coefficient (Wildman–Crippen LogP) is 3.74. The summed E-state index contributed by atoms with van der Waals surface area (Å²) in [5.74, 6) is -12.1. The average molecular weight is 302 g/mol. The molecule has 0 saturated carbocycles. The van der Waals surface area contributed by atoms with E-state index in [0.29, 0.717) is 6.08 Å². The van der Waals surface area contributed by atoms with E-state index in [2.05, 4.69) is 11.3 Å². The summed E-state index contributed by atoms with van der Waals surface area (Å²) in [6.07, 6.45) is -6.71. The number of rotatable bonds is 3. The van der Waals surface area contributed by atoms with Crippen LogP contribution in [-0.2, 0) is 4.79 Å². The van der Waals surface area contributed by atoms with E-state index in [1.165, 1.54) is 0 Å². The van der Waals surface area contributed by atoms with Crippen LogP contribution in [0.25, 0.3) is 6.08 Å². The first-order chi connectivity index (χ1) is 9.08. The second-order valence-electron chi connectivity index (χ2n) is 3.47. The number of hydrogen-bond acceptors (Lipinski definition) is 2. The van der Waals surface area contributed by atoms with Crippen LogP contribution in [0.3, 0.4) is 0 Å². The Balaban J connectivity index is 3.21. The molecule has 1 aromatic carbocycles. The molecule has 0 aliphatic rings. The van der Waals surface area contributed by atoms with Crippen molar-refractivity contribution in [2.24, 2.45) is 0 Å². The average Bonchev–Trinajstić information content (AvgIpc) is 2.31. The van der Waals surface area contributed by atoms with E-state index >= 15 is 0 Å². The van der Waals surface area contributed by atoms with E-state index in [9.17, 15) is 35.5 Å². The minimum Gasteiger partial charge on any atom is -0.420 e. The molecule has 1 aromatic rings. The van der Waals surface area contributed by atoms with Gasteiger partial charge in [0.2, 0.25) is 17.4 Å². The minimum atomic E-state index is -5.00. The maximum absolute atomic E-state index is 13.3. The molecule has 0 aliphatic carbocycles. The van der Waals surface area contributed by atoms with Crippen molar-refractivity contribution in [3.63, 3.8) is 0 Å². The molecule has 0 aliphatic heterocycles. The molecule has 0 atom stereocenters. The summed E-state index contributed by atoms with van der Waals surface area (Å²) >= 11 is 0. The molecule has 0 spiro atoms. The molecular weight excluding hydrogens is 297 g/mol. The van der Waals surface area contributed by atoms with Crippen LogP contribution in [0.2, 0.25) is 0 Å². The van der Waals surface area contributed by atoms with Crippen LogP contribution in [0.4, 0.5) is 30.7 Å². The molecule has 0 radical (unpaired) electrons. The molecule has 0 heterocycles. The summed E-state index contributed by atoms with van der Waals surface area (Å²) in [6.45, 7) is 2.90. The Hall–Kier alpha value is -2.06. The van der Waals surface area contributed by atoms with Gasteiger partial charge in [-0.25, -0.2) is 8.78 Å². The van der Waals surface area contributed by atoms with E-state index in [1.54, 1.807) is 0 Å². The maximum Gasteiger partial charge on any atom is 0.399 e. The number of esters is 1. The van der Waals surface area contributed by atoms with Crippen LogP contribution in [0.15, 0.2) is 6.58 Å². The third kappa shape index (κ3) is 3.28. The van der Waals surface area contributed by atoms with Crippen molar-refractivity contribution in [2.75, 3.05) is 0 Å². The van der Waals surface area contributed by atoms with E-state index < -0.39 is 53.1 Å². The Morgan fingerprint density at radius 2 is 1.50 bits per heavy atom. The molecule has 110 valence electrons. The lowest BCUT2D eigenvalue weighted by Gasteiger charge is -2.11. The molecule has 0 saturated heterocycles. The molecule has 0 fully saturated rings. The number of carbonyl (C=O) groups excluding carboxylic acids is 1. The largest absolute Gasteiger partial charge is 0.420 e. The van der Waals surface area contributed by atoms with E-state index in [0.717, 1.165) is 0 Å². The zero-order valence-corrected chi connectivity index (χ0v) is 9.45. The first-order valence-electron chi connectivity index (χ1n) is 4.84. The van der Waals surface area contributed by atoms with Gasteiger partial charge in [0, 0.05) is 0 Å². The normalized spacial score (nSPS) is 11.3. The lowest BCUT2D eigenvalue weighted by Crippen LogP contribution is -2.21. The van der Waals surface area contributed by atoms with Crippen LogP contribution in [0, 0.1) is 23.3 Å². The molecule has 1 rings (SSSR count). The molecule has 0 N–H and O–H groups in total. The summed E-state index contributed by atoms with van der Waals surface area (Å²) in [5, 5.41) is 0. The fourth-order valence-corrected chi connectivity index (χ4v) is 1.21. The number of carbonyl (C=O) groups is 1. The molecule has 0 aromatic heterocycles. The third-order valence-corrected chi connectivity index (χ3v) is 2.02. The monoisotopic (exact) mass is 302 g/mol. The quantitative estimate of drug-likeness (QED) is 0.368. The predicted molar refractivity (Wildman–Crippen MR) is 52.7 cm³/mol. The van der Waals surface area contributed by atoms with Gasteiger partial charge >= 0.3 is 12.1 Å². The minimum absolute atomic E-state index is 0.456. The molecule has 20 heavy (non-hydrogen) atoms. The second kappa shape index (κ2) is 5.51. The summed E-state index contributed by atoms with van der Waals surface area (Å²) in [5.41, 5.74) is -1.17. The second-order valence-corrected chi connectivity index (χ2v) is 3.47. The lowest BCUT2D eigenvalue weighted by atomic mass is 10.1. The van der Waals surface area contributed by atoms with Gasteiger partial charge in [-0.3, -0.25) is 4.79 Å². The molecule has 0 bridgehead atoms. The van der Waals surface area contributed by atoms with Crippen molar-refractivity contribution in [1.82, 2.24) is 0 Å². The standard InChI is InChI=1S/C11H5F7O2/c1-2-4-6(12)8(14)10(9(15)7(4)13)20-5(19)3-11(16,17)18/h2H,1,3H2. The Morgan fingerprint density at radius 3 is 1.85 bits per heavy atom. The Kier molecular flexibility index (Phi) is 4.41. The Bertz CT molecular complexity index is 534. The van der Waals surface area contributed by atoms with Gasteiger partial charge in [-0.1, -0.05) is 12.7 Å². The lowest BCUT2D eigenvalue weighted by molar-refractivity contribution is -0.164. The van der Waals surface area contributed by atoms with Gasteiger partial charge < -0.3 is 4.74 Å². The van der Waals surface area contributed by atoms with Crippen molar-refractivity contribution in [3.05, 3.63) is 35.4 Å². The van der Waals surface area contributed by atoms with Crippen LogP contribution >= 0.6 is 0 Å². The van der Waals surface area contributed by atoms with Gasteiger partial charge in [0.05, 0.1) is 5.56 Å². The van der Waals surface area contributed by atoms with Crippen molar-refractivity contribution < 1.29 is 40.3 Å². The van der Waals surface area contributed by atoms with Gasteiger partial charge in [0.1, 0.15) is 6.42 Å². The first-order valence-corrected chi connectivity index (χ1v) is 4.84. The van der Waals surface area contributed by atoms with Crippen LogP contribution in [0.1, 0.15) is 12.0 Å². The molecule has 9 heteroatoms. The Morgan fingerprint density at radius 1 is 1.05 bits per heavy atom.